The molecule has 5 rings (SSSR count). The lowest BCUT2D eigenvalue weighted by Crippen LogP contribution is -2.40. The number of carbonyl (C=O) groups excluding carboxylic acids is 1. The van der Waals surface area contributed by atoms with Crippen LogP contribution in [0.4, 0.5) is 10.5 Å². The topological polar surface area (TPSA) is 37.3 Å². The van der Waals surface area contributed by atoms with Crippen LogP contribution in [0.25, 0.3) is 22.0 Å². The Morgan fingerprint density at radius 3 is 2.46 bits per heavy atom. The van der Waals surface area contributed by atoms with Crippen LogP contribution < -0.4 is 5.32 Å². The minimum atomic E-state index is -0.0557. The van der Waals surface area contributed by atoms with Gasteiger partial charge in [0.05, 0.1) is 12.2 Å². The standard InChI is InChI=1S/C24H21N3O/c28-24(25-22-12-6-5-11-21(22)18-8-2-1-3-9-18)26-14-15-27-20(17-26)16-19-10-4-7-13-23(19)27/h1-13,16H,14-15,17H2,(H,25,28). The Balaban J connectivity index is 1.39. The highest BCUT2D eigenvalue weighted by Gasteiger charge is 2.22. The summed E-state index contributed by atoms with van der Waals surface area (Å²) in [6.07, 6.45) is 0. The van der Waals surface area contributed by atoms with Crippen molar-refractivity contribution in [1.29, 1.82) is 0 Å². The molecule has 2 heterocycles. The van der Waals surface area contributed by atoms with Gasteiger partial charge in [0.15, 0.2) is 0 Å². The van der Waals surface area contributed by atoms with Crippen LogP contribution in [0.15, 0.2) is 84.9 Å². The van der Waals surface area contributed by atoms with Crippen molar-refractivity contribution in [2.45, 2.75) is 13.1 Å². The van der Waals surface area contributed by atoms with Crippen molar-refractivity contribution in [3.05, 3.63) is 90.6 Å². The summed E-state index contributed by atoms with van der Waals surface area (Å²) in [4.78, 5) is 14.9. The van der Waals surface area contributed by atoms with Crippen LogP contribution in [0, 0.1) is 0 Å². The van der Waals surface area contributed by atoms with Crippen molar-refractivity contribution in [2.75, 3.05) is 11.9 Å². The summed E-state index contributed by atoms with van der Waals surface area (Å²) in [5, 5.41) is 4.35. The average molecular weight is 367 g/mol. The maximum absolute atomic E-state index is 13.0. The lowest BCUT2D eigenvalue weighted by molar-refractivity contribution is 0.198. The van der Waals surface area contributed by atoms with Crippen LogP contribution in [0.2, 0.25) is 0 Å². The van der Waals surface area contributed by atoms with Crippen LogP contribution in [-0.4, -0.2) is 22.0 Å². The van der Waals surface area contributed by atoms with E-state index in [9.17, 15) is 4.79 Å². The van der Waals surface area contributed by atoms with Crippen molar-refractivity contribution >= 4 is 22.6 Å². The first-order valence-electron chi connectivity index (χ1n) is 9.57. The van der Waals surface area contributed by atoms with Gasteiger partial charge in [-0.3, -0.25) is 0 Å². The Kier molecular flexibility index (Phi) is 4.09. The second-order valence-electron chi connectivity index (χ2n) is 7.11. The normalized spacial score (nSPS) is 13.4. The SMILES string of the molecule is O=C(Nc1ccccc1-c1ccccc1)N1CCn2c(cc3ccccc32)C1. The minimum Gasteiger partial charge on any atom is -0.341 e. The molecule has 0 radical (unpaired) electrons. The fourth-order valence-electron chi connectivity index (χ4n) is 3.99. The molecule has 138 valence electrons. The highest BCUT2D eigenvalue weighted by Crippen LogP contribution is 2.29. The molecule has 4 aromatic rings. The molecule has 0 unspecified atom stereocenters. The van der Waals surface area contributed by atoms with Crippen molar-refractivity contribution in [1.82, 2.24) is 9.47 Å². The maximum Gasteiger partial charge on any atom is 0.322 e. The highest BCUT2D eigenvalue weighted by atomic mass is 16.2. The number of benzene rings is 3. The van der Waals surface area contributed by atoms with E-state index in [0.717, 1.165) is 23.4 Å². The molecule has 0 saturated heterocycles. The van der Waals surface area contributed by atoms with E-state index in [0.29, 0.717) is 13.1 Å². The summed E-state index contributed by atoms with van der Waals surface area (Å²) in [6.45, 7) is 2.13. The number of fused-ring (bicyclic) bond motifs is 3. The molecular weight excluding hydrogens is 346 g/mol. The van der Waals surface area contributed by atoms with Crippen LogP contribution in [-0.2, 0) is 13.1 Å². The maximum atomic E-state index is 13.0. The molecule has 28 heavy (non-hydrogen) atoms. The highest BCUT2D eigenvalue weighted by molar-refractivity contribution is 5.94. The van der Waals surface area contributed by atoms with E-state index in [2.05, 4.69) is 52.3 Å². The number of carbonyl (C=O) groups is 1. The van der Waals surface area contributed by atoms with Crippen molar-refractivity contribution in [2.24, 2.45) is 0 Å². The van der Waals surface area contributed by atoms with Gasteiger partial charge in [0.25, 0.3) is 0 Å². The second-order valence-corrected chi connectivity index (χ2v) is 7.11. The number of urea groups is 1. The Morgan fingerprint density at radius 2 is 1.57 bits per heavy atom. The molecule has 4 nitrogen and oxygen atoms in total. The molecule has 0 spiro atoms. The summed E-state index contributed by atoms with van der Waals surface area (Å²) >= 11 is 0. The van der Waals surface area contributed by atoms with Gasteiger partial charge in [-0.05, 0) is 29.1 Å². The van der Waals surface area contributed by atoms with Crippen molar-refractivity contribution in [3.63, 3.8) is 0 Å². The first-order valence-corrected chi connectivity index (χ1v) is 9.57. The third-order valence-electron chi connectivity index (χ3n) is 5.38. The van der Waals surface area contributed by atoms with Crippen LogP contribution in [0.5, 0.6) is 0 Å². The van der Waals surface area contributed by atoms with E-state index in [-0.39, 0.29) is 6.03 Å². The summed E-state index contributed by atoms with van der Waals surface area (Å²) in [5.41, 5.74) is 5.38. The summed E-state index contributed by atoms with van der Waals surface area (Å²) < 4.78 is 2.32. The zero-order valence-electron chi connectivity index (χ0n) is 15.5. The summed E-state index contributed by atoms with van der Waals surface area (Å²) in [6, 6.07) is 28.6. The number of anilines is 1. The second kappa shape index (κ2) is 6.89. The van der Waals surface area contributed by atoms with Crippen molar-refractivity contribution < 1.29 is 4.79 Å². The Labute approximate surface area is 164 Å². The molecule has 0 aliphatic carbocycles. The van der Waals surface area contributed by atoms with Crippen molar-refractivity contribution in [3.8, 4) is 11.1 Å². The summed E-state index contributed by atoms with van der Waals surface area (Å²) in [7, 11) is 0. The fraction of sp³-hybridized carbons (Fsp3) is 0.125. The minimum absolute atomic E-state index is 0.0557. The molecule has 0 atom stereocenters. The lowest BCUT2D eigenvalue weighted by Gasteiger charge is -2.29. The van der Waals surface area contributed by atoms with Gasteiger partial charge in [0.2, 0.25) is 0 Å². The number of hydrogen-bond donors (Lipinski definition) is 1. The van der Waals surface area contributed by atoms with E-state index in [1.165, 1.54) is 16.6 Å². The molecule has 0 fully saturated rings. The molecule has 0 saturated carbocycles. The molecule has 1 aromatic heterocycles. The number of aromatic nitrogens is 1. The van der Waals surface area contributed by atoms with Gasteiger partial charge >= 0.3 is 6.03 Å². The van der Waals surface area contributed by atoms with E-state index >= 15 is 0 Å². The number of nitrogens with one attached hydrogen (secondary N) is 1. The van der Waals surface area contributed by atoms with Crippen LogP contribution >= 0.6 is 0 Å². The fourth-order valence-corrected chi connectivity index (χ4v) is 3.99. The van der Waals surface area contributed by atoms with E-state index < -0.39 is 0 Å². The third kappa shape index (κ3) is 2.93. The van der Waals surface area contributed by atoms with Gasteiger partial charge in [-0.15, -0.1) is 0 Å². The van der Waals surface area contributed by atoms with Gasteiger partial charge < -0.3 is 14.8 Å². The Hall–Kier alpha value is -3.53. The molecule has 1 aliphatic heterocycles. The smallest absolute Gasteiger partial charge is 0.322 e. The van der Waals surface area contributed by atoms with Crippen LogP contribution in [0.3, 0.4) is 0 Å². The quantitative estimate of drug-likeness (QED) is 0.509. The van der Waals surface area contributed by atoms with Gasteiger partial charge in [-0.1, -0.05) is 66.7 Å². The number of amides is 2. The van der Waals surface area contributed by atoms with Gasteiger partial charge in [-0.25, -0.2) is 4.79 Å². The zero-order chi connectivity index (χ0) is 18.9. The number of rotatable bonds is 2. The first-order chi connectivity index (χ1) is 13.8. The van der Waals surface area contributed by atoms with Crippen LogP contribution in [0.1, 0.15) is 5.69 Å². The van der Waals surface area contributed by atoms with Gasteiger partial charge in [0, 0.05) is 29.9 Å². The molecule has 2 amide bonds. The van der Waals surface area contributed by atoms with E-state index in [1.54, 1.807) is 0 Å². The molecule has 0 bridgehead atoms. The monoisotopic (exact) mass is 367 g/mol. The zero-order valence-corrected chi connectivity index (χ0v) is 15.5. The Morgan fingerprint density at radius 1 is 0.821 bits per heavy atom. The number of hydrogen-bond acceptors (Lipinski definition) is 1. The van der Waals surface area contributed by atoms with Gasteiger partial charge in [-0.2, -0.15) is 0 Å². The van der Waals surface area contributed by atoms with E-state index in [1.807, 2.05) is 47.4 Å². The number of nitrogens with zero attached hydrogens (tertiary/aromatic N) is 2. The molecule has 3 aromatic carbocycles. The lowest BCUT2D eigenvalue weighted by atomic mass is 10.0. The van der Waals surface area contributed by atoms with E-state index in [4.69, 9.17) is 0 Å². The molecule has 1 N–H and O–H groups in total. The first kappa shape index (κ1) is 16.6. The average Bonchev–Trinajstić information content (AvgIpc) is 3.12. The third-order valence-corrected chi connectivity index (χ3v) is 5.38. The Bertz CT molecular complexity index is 1150. The number of para-hydroxylation sites is 2. The largest absolute Gasteiger partial charge is 0.341 e. The summed E-state index contributed by atoms with van der Waals surface area (Å²) in [5.74, 6) is 0. The molecule has 1 aliphatic rings. The predicted molar refractivity (Wildman–Crippen MR) is 113 cm³/mol. The molecule has 4 heteroatoms. The predicted octanol–water partition coefficient (Wildman–Crippen LogP) is 5.36. The molecular formula is C24H21N3O. The van der Waals surface area contributed by atoms with Gasteiger partial charge in [0.1, 0.15) is 0 Å².